The van der Waals surface area contributed by atoms with Crippen LogP contribution >= 0.6 is 11.9 Å². The molecule has 0 unspecified atom stereocenters. The van der Waals surface area contributed by atoms with E-state index in [-0.39, 0.29) is 0 Å². The standard InChI is InChI=1S/C3H4N2S.C2H3N3/c1-2-4-5-6-3-1;1-3-2-5-4-1/h1-3,5H;1-2H,(H,3,4,5). The highest BCUT2D eigenvalue weighted by molar-refractivity contribution is 8.00. The van der Waals surface area contributed by atoms with Gasteiger partial charge < -0.3 is 0 Å². The normalized spacial score (nSPS) is 13.1. The molecule has 5 nitrogen and oxygen atoms in total. The first-order valence-corrected chi connectivity index (χ1v) is 3.75. The van der Waals surface area contributed by atoms with E-state index in [0.717, 1.165) is 0 Å². The summed E-state index contributed by atoms with van der Waals surface area (Å²) in [5, 5.41) is 11.6. The highest BCUT2D eigenvalue weighted by atomic mass is 32.2. The predicted molar refractivity (Wildman–Crippen MR) is 44.7 cm³/mol. The monoisotopic (exact) mass is 169 g/mol. The van der Waals surface area contributed by atoms with E-state index in [1.54, 1.807) is 6.21 Å². The molecule has 0 amide bonds. The Labute approximate surface area is 68.1 Å². The summed E-state index contributed by atoms with van der Waals surface area (Å²) < 4.78 is 0. The van der Waals surface area contributed by atoms with Crippen LogP contribution < -0.4 is 4.83 Å². The van der Waals surface area contributed by atoms with E-state index < -0.39 is 0 Å². The highest BCUT2D eigenvalue weighted by Crippen LogP contribution is 1.95. The topological polar surface area (TPSA) is 66.0 Å². The zero-order valence-electron chi connectivity index (χ0n) is 5.64. The number of nitrogens with one attached hydrogen (secondary N) is 2. The van der Waals surface area contributed by atoms with E-state index in [1.807, 2.05) is 11.5 Å². The van der Waals surface area contributed by atoms with Gasteiger partial charge in [0.25, 0.3) is 0 Å². The van der Waals surface area contributed by atoms with Crippen LogP contribution in [0.5, 0.6) is 0 Å². The summed E-state index contributed by atoms with van der Waals surface area (Å²) in [5.74, 6) is 0. The molecule has 0 aromatic carbocycles. The van der Waals surface area contributed by atoms with Gasteiger partial charge in [-0.2, -0.15) is 10.2 Å². The fourth-order valence-corrected chi connectivity index (χ4v) is 0.707. The first-order chi connectivity index (χ1) is 5.50. The lowest BCUT2D eigenvalue weighted by Gasteiger charge is -1.92. The number of aromatic nitrogens is 3. The van der Waals surface area contributed by atoms with Crippen molar-refractivity contribution in [1.29, 1.82) is 0 Å². The van der Waals surface area contributed by atoms with Crippen LogP contribution in [-0.4, -0.2) is 21.4 Å². The minimum Gasteiger partial charge on any atom is -0.266 e. The lowest BCUT2D eigenvalue weighted by molar-refractivity contribution is 1.09. The maximum atomic E-state index is 3.68. The average molecular weight is 169 g/mol. The van der Waals surface area contributed by atoms with Crippen molar-refractivity contribution in [2.45, 2.75) is 0 Å². The number of hydrazone groups is 1. The van der Waals surface area contributed by atoms with Gasteiger partial charge in [-0.25, -0.2) is 9.82 Å². The summed E-state index contributed by atoms with van der Waals surface area (Å²) in [6.07, 6.45) is 6.54. The first-order valence-electron chi connectivity index (χ1n) is 2.88. The van der Waals surface area contributed by atoms with Crippen LogP contribution in [0, 0.1) is 0 Å². The molecule has 1 aromatic heterocycles. The zero-order chi connectivity index (χ0) is 7.78. The second-order valence-electron chi connectivity index (χ2n) is 1.47. The van der Waals surface area contributed by atoms with E-state index in [4.69, 9.17) is 0 Å². The second kappa shape index (κ2) is 5.48. The lowest BCUT2D eigenvalue weighted by atomic mass is 10.7. The van der Waals surface area contributed by atoms with Crippen molar-refractivity contribution in [1.82, 2.24) is 20.0 Å². The molecular weight excluding hydrogens is 162 g/mol. The zero-order valence-corrected chi connectivity index (χ0v) is 6.45. The van der Waals surface area contributed by atoms with Gasteiger partial charge in [0.15, 0.2) is 0 Å². The van der Waals surface area contributed by atoms with Crippen LogP contribution in [0.3, 0.4) is 0 Å². The molecule has 0 fully saturated rings. The van der Waals surface area contributed by atoms with Crippen molar-refractivity contribution in [3.8, 4) is 0 Å². The van der Waals surface area contributed by atoms with Crippen molar-refractivity contribution in [2.24, 2.45) is 5.10 Å². The molecule has 2 N–H and O–H groups in total. The molecule has 0 saturated heterocycles. The van der Waals surface area contributed by atoms with E-state index >= 15 is 0 Å². The van der Waals surface area contributed by atoms with Gasteiger partial charge >= 0.3 is 0 Å². The van der Waals surface area contributed by atoms with E-state index in [2.05, 4.69) is 25.1 Å². The Bertz CT molecular complexity index is 188. The minimum absolute atomic E-state index is 1.44. The van der Waals surface area contributed by atoms with E-state index in [0.29, 0.717) is 0 Å². The Balaban J connectivity index is 0.000000112. The molecule has 0 aliphatic carbocycles. The van der Waals surface area contributed by atoms with Crippen LogP contribution in [0.1, 0.15) is 0 Å². The molecule has 1 aromatic rings. The smallest absolute Gasteiger partial charge is 0.137 e. The summed E-state index contributed by atoms with van der Waals surface area (Å²) in [6.45, 7) is 0. The Morgan fingerprint density at radius 1 is 1.36 bits per heavy atom. The van der Waals surface area contributed by atoms with Gasteiger partial charge in [-0.3, -0.25) is 5.10 Å². The molecule has 0 spiro atoms. The van der Waals surface area contributed by atoms with E-state index in [9.17, 15) is 0 Å². The van der Waals surface area contributed by atoms with Crippen LogP contribution in [-0.2, 0) is 0 Å². The molecular formula is C5H7N5S. The Morgan fingerprint density at radius 3 is 2.55 bits per heavy atom. The number of allylic oxidation sites excluding steroid dienone is 1. The molecule has 0 atom stereocenters. The molecule has 58 valence electrons. The number of hydrogen-bond donors (Lipinski definition) is 2. The Kier molecular flexibility index (Phi) is 3.89. The van der Waals surface area contributed by atoms with Crippen LogP contribution in [0.4, 0.5) is 0 Å². The summed E-state index contributed by atoms with van der Waals surface area (Å²) in [4.78, 5) is 6.24. The van der Waals surface area contributed by atoms with Crippen LogP contribution in [0.15, 0.2) is 29.2 Å². The SMILES string of the molecule is C1=CSNN=C1.c1nc[nH]n1. The predicted octanol–water partition coefficient (Wildman–Crippen LogP) is 0.542. The fourth-order valence-electron chi connectivity index (χ4n) is 0.375. The van der Waals surface area contributed by atoms with Gasteiger partial charge in [-0.1, -0.05) is 0 Å². The number of hydrogen-bond acceptors (Lipinski definition) is 5. The second-order valence-corrected chi connectivity index (χ2v) is 2.16. The molecule has 0 bridgehead atoms. The van der Waals surface area contributed by atoms with Crippen molar-refractivity contribution in [2.75, 3.05) is 0 Å². The first kappa shape index (κ1) is 7.80. The van der Waals surface area contributed by atoms with Gasteiger partial charge in [0, 0.05) is 6.21 Å². The number of rotatable bonds is 0. The van der Waals surface area contributed by atoms with E-state index in [1.165, 1.54) is 24.6 Å². The molecule has 6 heteroatoms. The van der Waals surface area contributed by atoms with Crippen molar-refractivity contribution >= 4 is 18.2 Å². The summed E-state index contributed by atoms with van der Waals surface area (Å²) in [5.41, 5.74) is 0. The van der Waals surface area contributed by atoms with Crippen molar-refractivity contribution in [3.05, 3.63) is 24.1 Å². The Hall–Kier alpha value is -1.30. The van der Waals surface area contributed by atoms with Crippen LogP contribution in [0.2, 0.25) is 0 Å². The fraction of sp³-hybridized carbons (Fsp3) is 0. The van der Waals surface area contributed by atoms with Gasteiger partial charge in [0.05, 0.1) is 0 Å². The van der Waals surface area contributed by atoms with Crippen molar-refractivity contribution < 1.29 is 0 Å². The quantitative estimate of drug-likeness (QED) is 0.556. The third-order valence-corrected chi connectivity index (χ3v) is 1.25. The highest BCUT2D eigenvalue weighted by Gasteiger charge is 1.75. The average Bonchev–Trinajstić information content (AvgIpc) is 2.64. The third kappa shape index (κ3) is 4.15. The molecule has 2 heterocycles. The third-order valence-electron chi connectivity index (χ3n) is 0.744. The molecule has 11 heavy (non-hydrogen) atoms. The summed E-state index contributed by atoms with van der Waals surface area (Å²) >= 11 is 1.47. The molecule has 1 aliphatic heterocycles. The van der Waals surface area contributed by atoms with Gasteiger partial charge in [-0.05, 0) is 23.4 Å². The minimum atomic E-state index is 1.44. The maximum absolute atomic E-state index is 3.68. The molecule has 0 saturated carbocycles. The summed E-state index contributed by atoms with van der Waals surface area (Å²) in [6, 6.07) is 0. The molecule has 1 aliphatic rings. The van der Waals surface area contributed by atoms with Crippen LogP contribution in [0.25, 0.3) is 0 Å². The number of H-pyrrole nitrogens is 1. The van der Waals surface area contributed by atoms with Crippen molar-refractivity contribution in [3.63, 3.8) is 0 Å². The Morgan fingerprint density at radius 2 is 2.36 bits per heavy atom. The van der Waals surface area contributed by atoms with Gasteiger partial charge in [-0.15, -0.1) is 0 Å². The molecule has 0 radical (unpaired) electrons. The largest absolute Gasteiger partial charge is 0.266 e. The maximum Gasteiger partial charge on any atom is 0.137 e. The summed E-state index contributed by atoms with van der Waals surface area (Å²) in [7, 11) is 0. The van der Waals surface area contributed by atoms with Gasteiger partial charge in [0.1, 0.15) is 12.7 Å². The molecule has 2 rings (SSSR count). The number of aromatic amines is 1. The lowest BCUT2D eigenvalue weighted by Crippen LogP contribution is -1.91. The number of nitrogens with zero attached hydrogens (tertiary/aromatic N) is 3. The van der Waals surface area contributed by atoms with Gasteiger partial charge in [0.2, 0.25) is 0 Å².